The normalized spacial score (nSPS) is 18.0. The number of pyridine rings is 1. The van der Waals surface area contributed by atoms with Crippen LogP contribution in [0.25, 0.3) is 23.0 Å². The Morgan fingerprint density at radius 2 is 2.16 bits per heavy atom. The first-order valence-corrected chi connectivity index (χ1v) is 10.0. The summed E-state index contributed by atoms with van der Waals surface area (Å²) in [5.41, 5.74) is 4.38. The topological polar surface area (TPSA) is 85.3 Å². The van der Waals surface area contributed by atoms with Gasteiger partial charge in [-0.05, 0) is 49.6 Å². The maximum Gasteiger partial charge on any atom is 0.259 e. The van der Waals surface area contributed by atoms with E-state index in [4.69, 9.17) is 4.52 Å². The molecule has 3 aromatic heterocycles. The van der Waals surface area contributed by atoms with Gasteiger partial charge < -0.3 is 9.84 Å². The van der Waals surface area contributed by atoms with Crippen LogP contribution in [0.15, 0.2) is 53.3 Å². The molecule has 0 radical (unpaired) electrons. The summed E-state index contributed by atoms with van der Waals surface area (Å²) in [6.45, 7) is 3.84. The van der Waals surface area contributed by atoms with E-state index in [9.17, 15) is 9.18 Å². The highest BCUT2D eigenvalue weighted by atomic mass is 19.1. The van der Waals surface area contributed by atoms with Gasteiger partial charge >= 0.3 is 0 Å². The number of amides is 1. The third-order valence-corrected chi connectivity index (χ3v) is 5.36. The van der Waals surface area contributed by atoms with Gasteiger partial charge in [0.1, 0.15) is 6.17 Å². The third-order valence-electron chi connectivity index (χ3n) is 5.36. The van der Waals surface area contributed by atoms with E-state index in [-0.39, 0.29) is 11.8 Å². The van der Waals surface area contributed by atoms with Gasteiger partial charge in [-0.15, -0.1) is 0 Å². The Balaban J connectivity index is 1.43. The maximum atomic E-state index is 13.3. The first-order valence-electron chi connectivity index (χ1n) is 10.0. The van der Waals surface area contributed by atoms with Gasteiger partial charge in [-0.25, -0.2) is 8.91 Å². The van der Waals surface area contributed by atoms with Gasteiger partial charge in [0.2, 0.25) is 11.7 Å². The molecule has 1 saturated carbocycles. The fourth-order valence-electron chi connectivity index (χ4n) is 3.48. The number of anilines is 1. The van der Waals surface area contributed by atoms with Crippen LogP contribution >= 0.6 is 0 Å². The van der Waals surface area contributed by atoms with Crippen LogP contribution in [0.4, 0.5) is 10.1 Å². The number of hydrogen-bond acceptors (Lipinski definition) is 5. The van der Waals surface area contributed by atoms with Crippen LogP contribution in [0.3, 0.4) is 0 Å². The molecule has 0 bridgehead atoms. The Hall–Kier alpha value is -3.81. The standard InChI is InChI=1S/C23H20FN5O2/c1-3-4-14-7-8-29-20(9-14)17(12-25-29)22(30)26-19-10-15(6-5-13(19)2)21-27-23(31-28-21)16-11-18(16)24/h3-10,12,16,18H,11H2,1-2H3,(H,26,30)/b4-3+/t16-,18-/m0/s1. The molecule has 2 atom stereocenters. The lowest BCUT2D eigenvalue weighted by molar-refractivity contribution is 0.102. The van der Waals surface area contributed by atoms with E-state index >= 15 is 0 Å². The minimum Gasteiger partial charge on any atom is -0.339 e. The van der Waals surface area contributed by atoms with Crippen molar-refractivity contribution in [1.29, 1.82) is 0 Å². The Labute approximate surface area is 177 Å². The highest BCUT2D eigenvalue weighted by molar-refractivity contribution is 6.09. The van der Waals surface area contributed by atoms with E-state index in [1.165, 1.54) is 0 Å². The van der Waals surface area contributed by atoms with Crippen LogP contribution in [0.2, 0.25) is 0 Å². The van der Waals surface area contributed by atoms with Gasteiger partial charge in [0, 0.05) is 17.4 Å². The molecule has 0 aliphatic heterocycles. The van der Waals surface area contributed by atoms with Gasteiger partial charge in [0.05, 0.1) is 23.2 Å². The lowest BCUT2D eigenvalue weighted by atomic mass is 10.1. The van der Waals surface area contributed by atoms with Crippen LogP contribution in [0, 0.1) is 6.92 Å². The number of alkyl halides is 1. The highest BCUT2D eigenvalue weighted by Crippen LogP contribution is 2.43. The molecule has 1 N–H and O–H groups in total. The van der Waals surface area contributed by atoms with Crippen molar-refractivity contribution in [2.75, 3.05) is 5.32 Å². The molecule has 1 amide bonds. The predicted molar refractivity (Wildman–Crippen MR) is 115 cm³/mol. The van der Waals surface area contributed by atoms with Crippen molar-refractivity contribution in [2.24, 2.45) is 0 Å². The fourth-order valence-corrected chi connectivity index (χ4v) is 3.48. The summed E-state index contributed by atoms with van der Waals surface area (Å²) in [4.78, 5) is 17.3. The zero-order valence-electron chi connectivity index (χ0n) is 17.0. The molecule has 156 valence electrons. The largest absolute Gasteiger partial charge is 0.339 e. The molecular formula is C23H20FN5O2. The zero-order chi connectivity index (χ0) is 21.5. The van der Waals surface area contributed by atoms with Crippen LogP contribution in [0.5, 0.6) is 0 Å². The van der Waals surface area contributed by atoms with E-state index < -0.39 is 6.17 Å². The molecule has 8 heteroatoms. The van der Waals surface area contributed by atoms with Crippen molar-refractivity contribution in [3.05, 3.63) is 71.4 Å². The van der Waals surface area contributed by atoms with Crippen LogP contribution in [0.1, 0.15) is 46.6 Å². The molecule has 31 heavy (non-hydrogen) atoms. The molecule has 3 heterocycles. The number of carbonyl (C=O) groups excluding carboxylic acids is 1. The number of nitrogens with one attached hydrogen (secondary N) is 1. The van der Waals surface area contributed by atoms with Gasteiger partial charge in [-0.2, -0.15) is 10.1 Å². The summed E-state index contributed by atoms with van der Waals surface area (Å²) in [7, 11) is 0. The first kappa shape index (κ1) is 19.2. The fraction of sp³-hybridized carbons (Fsp3) is 0.217. The summed E-state index contributed by atoms with van der Waals surface area (Å²) in [5.74, 6) is 0.127. The highest BCUT2D eigenvalue weighted by Gasteiger charge is 2.43. The molecule has 1 aliphatic carbocycles. The molecule has 1 fully saturated rings. The number of nitrogens with zero attached hydrogens (tertiary/aromatic N) is 4. The summed E-state index contributed by atoms with van der Waals surface area (Å²) in [5, 5.41) is 11.2. The molecule has 1 aromatic carbocycles. The number of rotatable bonds is 5. The van der Waals surface area contributed by atoms with Crippen molar-refractivity contribution in [1.82, 2.24) is 19.8 Å². The average molecular weight is 417 g/mol. The molecular weight excluding hydrogens is 397 g/mol. The lowest BCUT2D eigenvalue weighted by Crippen LogP contribution is -2.12. The van der Waals surface area contributed by atoms with E-state index in [2.05, 4.69) is 20.6 Å². The Morgan fingerprint density at radius 1 is 1.32 bits per heavy atom. The van der Waals surface area contributed by atoms with Gasteiger partial charge in [0.25, 0.3) is 5.91 Å². The molecule has 5 rings (SSSR count). The van der Waals surface area contributed by atoms with E-state index in [0.717, 1.165) is 16.6 Å². The molecule has 1 aliphatic rings. The lowest BCUT2D eigenvalue weighted by Gasteiger charge is -2.09. The number of aryl methyl sites for hydroxylation is 1. The number of halogens is 1. The molecule has 0 spiro atoms. The van der Waals surface area contributed by atoms with Gasteiger partial charge in [-0.3, -0.25) is 4.79 Å². The molecule has 0 unspecified atom stereocenters. The minimum atomic E-state index is -0.902. The summed E-state index contributed by atoms with van der Waals surface area (Å²) in [6.07, 6.45) is 6.80. The van der Waals surface area contributed by atoms with Crippen LogP contribution in [-0.2, 0) is 0 Å². The number of fused-ring (bicyclic) bond motifs is 1. The van der Waals surface area contributed by atoms with Crippen molar-refractivity contribution in [3.63, 3.8) is 0 Å². The second kappa shape index (κ2) is 7.46. The number of carbonyl (C=O) groups is 1. The monoisotopic (exact) mass is 417 g/mol. The van der Waals surface area contributed by atoms with Crippen molar-refractivity contribution in [2.45, 2.75) is 32.4 Å². The number of aromatic nitrogens is 4. The minimum absolute atomic E-state index is 0.264. The first-order chi connectivity index (χ1) is 15.0. The van der Waals surface area contributed by atoms with Crippen molar-refractivity contribution in [3.8, 4) is 11.4 Å². The summed E-state index contributed by atoms with van der Waals surface area (Å²) >= 11 is 0. The maximum absolute atomic E-state index is 13.3. The summed E-state index contributed by atoms with van der Waals surface area (Å²) < 4.78 is 20.1. The zero-order valence-corrected chi connectivity index (χ0v) is 17.0. The van der Waals surface area contributed by atoms with Gasteiger partial charge in [0.15, 0.2) is 0 Å². The number of hydrogen-bond donors (Lipinski definition) is 1. The molecule has 4 aromatic rings. The second-order valence-corrected chi connectivity index (χ2v) is 7.65. The number of allylic oxidation sites excluding steroid dienone is 1. The number of benzene rings is 1. The van der Waals surface area contributed by atoms with Crippen LogP contribution < -0.4 is 5.32 Å². The van der Waals surface area contributed by atoms with Gasteiger partial charge in [-0.1, -0.05) is 29.4 Å². The smallest absolute Gasteiger partial charge is 0.259 e. The van der Waals surface area contributed by atoms with E-state index in [1.54, 1.807) is 16.8 Å². The predicted octanol–water partition coefficient (Wildman–Crippen LogP) is 4.80. The second-order valence-electron chi connectivity index (χ2n) is 7.65. The Bertz CT molecular complexity index is 1320. The SMILES string of the molecule is C/C=C/c1ccn2ncc(C(=O)Nc3cc(-c4noc([C@H]5C[C@@H]5F)n4)ccc3C)c2c1. The third kappa shape index (κ3) is 3.61. The molecule has 7 nitrogen and oxygen atoms in total. The van der Waals surface area contributed by atoms with E-state index in [1.807, 2.05) is 56.5 Å². The van der Waals surface area contributed by atoms with Crippen LogP contribution in [-0.4, -0.2) is 31.8 Å². The van der Waals surface area contributed by atoms with Crippen molar-refractivity contribution >= 4 is 23.2 Å². The van der Waals surface area contributed by atoms with Crippen molar-refractivity contribution < 1.29 is 13.7 Å². The summed E-state index contributed by atoms with van der Waals surface area (Å²) in [6, 6.07) is 9.36. The van der Waals surface area contributed by atoms with E-state index in [0.29, 0.717) is 35.0 Å². The average Bonchev–Trinajstić information content (AvgIpc) is 3.16. The quantitative estimate of drug-likeness (QED) is 0.504. The Morgan fingerprint density at radius 3 is 2.94 bits per heavy atom. The Kier molecular flexibility index (Phi) is 4.62. The molecule has 0 saturated heterocycles.